The quantitative estimate of drug-likeness (QED) is 0.886. The number of hydrogen-bond acceptors (Lipinski definition) is 3. The molecule has 0 fully saturated rings. The fraction of sp³-hybridized carbons (Fsp3) is 0.625. The van der Waals surface area contributed by atoms with E-state index in [4.69, 9.17) is 15.2 Å². The second-order valence-electron chi connectivity index (χ2n) is 6.01. The summed E-state index contributed by atoms with van der Waals surface area (Å²) in [4.78, 5) is 0. The first-order valence-corrected chi connectivity index (χ1v) is 6.78. The SMILES string of the molecule is COc1ccc(C(CCN)C(C)(C)C)c(OC)c1C. The highest BCUT2D eigenvalue weighted by molar-refractivity contribution is 5.51. The average molecular weight is 265 g/mol. The van der Waals surface area contributed by atoms with Crippen molar-refractivity contribution >= 4 is 0 Å². The van der Waals surface area contributed by atoms with Gasteiger partial charge in [0.05, 0.1) is 14.2 Å². The van der Waals surface area contributed by atoms with Gasteiger partial charge >= 0.3 is 0 Å². The Morgan fingerprint density at radius 2 is 1.79 bits per heavy atom. The van der Waals surface area contributed by atoms with Crippen LogP contribution >= 0.6 is 0 Å². The summed E-state index contributed by atoms with van der Waals surface area (Å²) in [5.74, 6) is 2.16. The van der Waals surface area contributed by atoms with Crippen LogP contribution in [0.25, 0.3) is 0 Å². The zero-order valence-corrected chi connectivity index (χ0v) is 13.0. The van der Waals surface area contributed by atoms with E-state index in [0.29, 0.717) is 12.5 Å². The van der Waals surface area contributed by atoms with Crippen LogP contribution < -0.4 is 15.2 Å². The van der Waals surface area contributed by atoms with Crippen LogP contribution in [0.5, 0.6) is 11.5 Å². The molecule has 3 nitrogen and oxygen atoms in total. The minimum absolute atomic E-state index is 0.147. The molecule has 0 amide bonds. The summed E-state index contributed by atoms with van der Waals surface area (Å²) in [5, 5.41) is 0. The van der Waals surface area contributed by atoms with E-state index < -0.39 is 0 Å². The minimum atomic E-state index is 0.147. The van der Waals surface area contributed by atoms with Gasteiger partial charge in [0.1, 0.15) is 11.5 Å². The van der Waals surface area contributed by atoms with Crippen molar-refractivity contribution in [1.29, 1.82) is 0 Å². The normalized spacial score (nSPS) is 13.2. The Kier molecular flexibility index (Phi) is 5.24. The molecule has 0 aromatic heterocycles. The molecular weight excluding hydrogens is 238 g/mol. The molecule has 1 unspecified atom stereocenters. The van der Waals surface area contributed by atoms with Crippen molar-refractivity contribution in [1.82, 2.24) is 0 Å². The molecular formula is C16H27NO2. The standard InChI is InChI=1S/C16H27NO2/c1-11-14(18-5)8-7-12(15(11)19-6)13(9-10-17)16(2,3)4/h7-8,13H,9-10,17H2,1-6H3. The van der Waals surface area contributed by atoms with E-state index in [1.54, 1.807) is 14.2 Å². The minimum Gasteiger partial charge on any atom is -0.496 e. The molecule has 3 heteroatoms. The molecule has 0 aliphatic rings. The third kappa shape index (κ3) is 3.41. The van der Waals surface area contributed by atoms with Gasteiger partial charge in [0, 0.05) is 5.56 Å². The Bertz CT molecular complexity index is 421. The molecule has 108 valence electrons. The summed E-state index contributed by atoms with van der Waals surface area (Å²) in [6.07, 6.45) is 0.950. The fourth-order valence-corrected chi connectivity index (χ4v) is 2.68. The number of hydrogen-bond donors (Lipinski definition) is 1. The van der Waals surface area contributed by atoms with Crippen LogP contribution in [0.15, 0.2) is 12.1 Å². The molecule has 0 spiro atoms. The molecule has 0 saturated carbocycles. The molecule has 1 aromatic carbocycles. The van der Waals surface area contributed by atoms with E-state index in [1.807, 2.05) is 13.0 Å². The van der Waals surface area contributed by atoms with E-state index >= 15 is 0 Å². The Labute approximate surface area is 117 Å². The zero-order valence-electron chi connectivity index (χ0n) is 13.0. The maximum atomic E-state index is 5.78. The van der Waals surface area contributed by atoms with Gasteiger partial charge in [-0.05, 0) is 42.9 Å². The van der Waals surface area contributed by atoms with Crippen LogP contribution in [0.4, 0.5) is 0 Å². The van der Waals surface area contributed by atoms with Crippen LogP contribution in [-0.2, 0) is 0 Å². The van der Waals surface area contributed by atoms with Gasteiger partial charge in [-0.1, -0.05) is 26.8 Å². The fourth-order valence-electron chi connectivity index (χ4n) is 2.68. The number of methoxy groups -OCH3 is 2. The number of benzene rings is 1. The molecule has 0 saturated heterocycles. The van der Waals surface area contributed by atoms with Gasteiger partial charge < -0.3 is 15.2 Å². The predicted octanol–water partition coefficient (Wildman–Crippen LogP) is 3.49. The highest BCUT2D eigenvalue weighted by Gasteiger charge is 2.29. The maximum Gasteiger partial charge on any atom is 0.128 e. The van der Waals surface area contributed by atoms with Crippen LogP contribution in [0.2, 0.25) is 0 Å². The maximum absolute atomic E-state index is 5.78. The molecule has 0 aliphatic heterocycles. The van der Waals surface area contributed by atoms with E-state index in [-0.39, 0.29) is 5.41 Å². The Morgan fingerprint density at radius 1 is 1.16 bits per heavy atom. The second-order valence-corrected chi connectivity index (χ2v) is 6.01. The summed E-state index contributed by atoms with van der Waals surface area (Å²) in [5.41, 5.74) is 8.20. The molecule has 0 heterocycles. The number of rotatable bonds is 5. The van der Waals surface area contributed by atoms with Crippen LogP contribution in [0.1, 0.15) is 44.2 Å². The lowest BCUT2D eigenvalue weighted by molar-refractivity contribution is 0.295. The third-order valence-electron chi connectivity index (χ3n) is 3.69. The summed E-state index contributed by atoms with van der Waals surface area (Å²) in [7, 11) is 3.40. The van der Waals surface area contributed by atoms with Crippen molar-refractivity contribution in [2.75, 3.05) is 20.8 Å². The van der Waals surface area contributed by atoms with Crippen LogP contribution in [0.3, 0.4) is 0 Å². The van der Waals surface area contributed by atoms with Gasteiger partial charge in [0.15, 0.2) is 0 Å². The number of nitrogens with two attached hydrogens (primary N) is 1. The van der Waals surface area contributed by atoms with E-state index in [1.165, 1.54) is 5.56 Å². The van der Waals surface area contributed by atoms with Crippen molar-refractivity contribution in [3.63, 3.8) is 0 Å². The van der Waals surface area contributed by atoms with Gasteiger partial charge in [-0.25, -0.2) is 0 Å². The average Bonchev–Trinajstić information content (AvgIpc) is 2.34. The zero-order chi connectivity index (χ0) is 14.6. The van der Waals surface area contributed by atoms with Crippen molar-refractivity contribution in [3.8, 4) is 11.5 Å². The van der Waals surface area contributed by atoms with Gasteiger partial charge in [-0.15, -0.1) is 0 Å². The lowest BCUT2D eigenvalue weighted by atomic mass is 9.74. The molecule has 0 bridgehead atoms. The first-order chi connectivity index (χ1) is 8.86. The Balaban J connectivity index is 3.35. The highest BCUT2D eigenvalue weighted by atomic mass is 16.5. The summed E-state index contributed by atoms with van der Waals surface area (Å²) in [6.45, 7) is 9.44. The molecule has 0 aliphatic carbocycles. The molecule has 1 aromatic rings. The van der Waals surface area contributed by atoms with Gasteiger partial charge in [-0.2, -0.15) is 0 Å². The van der Waals surface area contributed by atoms with E-state index in [2.05, 4.69) is 26.8 Å². The monoisotopic (exact) mass is 265 g/mol. The number of ether oxygens (including phenoxy) is 2. The molecule has 2 N–H and O–H groups in total. The summed E-state index contributed by atoms with van der Waals surface area (Å²) < 4.78 is 11.0. The van der Waals surface area contributed by atoms with Crippen LogP contribution in [-0.4, -0.2) is 20.8 Å². The van der Waals surface area contributed by atoms with E-state index in [9.17, 15) is 0 Å². The van der Waals surface area contributed by atoms with Crippen molar-refractivity contribution in [2.45, 2.75) is 40.0 Å². The smallest absolute Gasteiger partial charge is 0.128 e. The third-order valence-corrected chi connectivity index (χ3v) is 3.69. The van der Waals surface area contributed by atoms with Gasteiger partial charge in [-0.3, -0.25) is 0 Å². The van der Waals surface area contributed by atoms with Crippen molar-refractivity contribution in [3.05, 3.63) is 23.3 Å². The Hall–Kier alpha value is -1.22. The topological polar surface area (TPSA) is 44.5 Å². The van der Waals surface area contributed by atoms with Crippen molar-refractivity contribution < 1.29 is 9.47 Å². The largest absolute Gasteiger partial charge is 0.496 e. The van der Waals surface area contributed by atoms with Crippen molar-refractivity contribution in [2.24, 2.45) is 11.1 Å². The predicted molar refractivity (Wildman–Crippen MR) is 80.2 cm³/mol. The second kappa shape index (κ2) is 6.29. The molecule has 1 rings (SSSR count). The van der Waals surface area contributed by atoms with Crippen LogP contribution in [0, 0.1) is 12.3 Å². The van der Waals surface area contributed by atoms with Gasteiger partial charge in [0.25, 0.3) is 0 Å². The van der Waals surface area contributed by atoms with Gasteiger partial charge in [0.2, 0.25) is 0 Å². The Morgan fingerprint density at radius 3 is 2.21 bits per heavy atom. The first-order valence-electron chi connectivity index (χ1n) is 6.78. The van der Waals surface area contributed by atoms with E-state index in [0.717, 1.165) is 23.5 Å². The highest BCUT2D eigenvalue weighted by Crippen LogP contribution is 2.44. The lowest BCUT2D eigenvalue weighted by Gasteiger charge is -2.32. The first kappa shape index (κ1) is 15.8. The molecule has 0 radical (unpaired) electrons. The molecule has 19 heavy (non-hydrogen) atoms. The lowest BCUT2D eigenvalue weighted by Crippen LogP contribution is -2.22. The molecule has 1 atom stereocenters. The summed E-state index contributed by atoms with van der Waals surface area (Å²) in [6, 6.07) is 4.12. The summed E-state index contributed by atoms with van der Waals surface area (Å²) >= 11 is 0.